The molecule has 0 N–H and O–H groups in total. The average Bonchev–Trinajstić information content (AvgIpc) is 2.20. The first-order valence-electron chi connectivity index (χ1n) is 4.57. The number of thioether (sulfide) groups is 1. The van der Waals surface area contributed by atoms with Gasteiger partial charge in [-0.1, -0.05) is 6.92 Å². The molecule has 0 saturated heterocycles. The fourth-order valence-corrected chi connectivity index (χ4v) is 1.72. The Morgan fingerprint density at radius 3 is 2.87 bits per heavy atom. The van der Waals surface area contributed by atoms with E-state index in [0.29, 0.717) is 6.54 Å². The highest BCUT2D eigenvalue weighted by Gasteiger charge is 2.06. The van der Waals surface area contributed by atoms with Crippen LogP contribution in [0, 0.1) is 10.1 Å². The van der Waals surface area contributed by atoms with Gasteiger partial charge in [-0.05, 0) is 5.75 Å². The SMILES string of the molecule is CCSCCn1cc([N+](=O)[O-])ccc1=O. The third-order valence-electron chi connectivity index (χ3n) is 1.86. The molecule has 0 atom stereocenters. The van der Waals surface area contributed by atoms with Crippen LogP contribution in [0.1, 0.15) is 6.92 Å². The lowest BCUT2D eigenvalue weighted by Gasteiger charge is -2.03. The molecule has 15 heavy (non-hydrogen) atoms. The molecule has 0 amide bonds. The number of pyridine rings is 1. The predicted octanol–water partition coefficient (Wildman–Crippen LogP) is 1.51. The van der Waals surface area contributed by atoms with Crippen molar-refractivity contribution in [1.29, 1.82) is 0 Å². The van der Waals surface area contributed by atoms with Crippen LogP contribution in [-0.2, 0) is 6.54 Å². The first-order valence-corrected chi connectivity index (χ1v) is 5.73. The van der Waals surface area contributed by atoms with Gasteiger partial charge >= 0.3 is 0 Å². The van der Waals surface area contributed by atoms with Gasteiger partial charge in [0, 0.05) is 24.4 Å². The van der Waals surface area contributed by atoms with Gasteiger partial charge in [0.2, 0.25) is 0 Å². The molecule has 0 aromatic carbocycles. The standard InChI is InChI=1S/C9H12N2O3S/c1-2-15-6-5-10-7-8(11(13)14)3-4-9(10)12/h3-4,7H,2,5-6H2,1H3. The molecule has 1 aromatic heterocycles. The van der Waals surface area contributed by atoms with Crippen molar-refractivity contribution in [2.75, 3.05) is 11.5 Å². The van der Waals surface area contributed by atoms with Crippen molar-refractivity contribution in [3.8, 4) is 0 Å². The van der Waals surface area contributed by atoms with Crippen LogP contribution < -0.4 is 5.56 Å². The minimum Gasteiger partial charge on any atom is -0.308 e. The molecule has 0 aliphatic rings. The van der Waals surface area contributed by atoms with Gasteiger partial charge in [-0.3, -0.25) is 14.9 Å². The van der Waals surface area contributed by atoms with Gasteiger partial charge in [-0.15, -0.1) is 0 Å². The third kappa shape index (κ3) is 3.39. The molecule has 0 radical (unpaired) electrons. The summed E-state index contributed by atoms with van der Waals surface area (Å²) in [5.74, 6) is 1.77. The summed E-state index contributed by atoms with van der Waals surface area (Å²) in [5.41, 5.74) is -0.242. The van der Waals surface area contributed by atoms with Crippen molar-refractivity contribution < 1.29 is 4.92 Å². The molecule has 0 bridgehead atoms. The third-order valence-corrected chi connectivity index (χ3v) is 2.74. The van der Waals surface area contributed by atoms with Crippen molar-refractivity contribution in [3.63, 3.8) is 0 Å². The molecule has 5 nitrogen and oxygen atoms in total. The minimum absolute atomic E-state index is 0.0453. The zero-order valence-electron chi connectivity index (χ0n) is 8.38. The van der Waals surface area contributed by atoms with Crippen molar-refractivity contribution >= 4 is 17.4 Å². The zero-order valence-corrected chi connectivity index (χ0v) is 9.20. The molecule has 6 heteroatoms. The smallest absolute Gasteiger partial charge is 0.285 e. The Kier molecular flexibility index (Phi) is 4.36. The summed E-state index contributed by atoms with van der Waals surface area (Å²) in [6.07, 6.45) is 1.29. The van der Waals surface area contributed by atoms with Crippen LogP contribution in [-0.4, -0.2) is 21.0 Å². The van der Waals surface area contributed by atoms with Gasteiger partial charge in [0.25, 0.3) is 11.2 Å². The van der Waals surface area contributed by atoms with Crippen LogP contribution in [0.25, 0.3) is 0 Å². The molecular weight excluding hydrogens is 216 g/mol. The van der Waals surface area contributed by atoms with E-state index in [2.05, 4.69) is 0 Å². The molecule has 0 spiro atoms. The maximum atomic E-state index is 11.3. The van der Waals surface area contributed by atoms with Gasteiger partial charge < -0.3 is 4.57 Å². The molecule has 0 fully saturated rings. The number of rotatable bonds is 5. The van der Waals surface area contributed by atoms with E-state index in [1.165, 1.54) is 22.9 Å². The fourth-order valence-electron chi connectivity index (χ4n) is 1.11. The van der Waals surface area contributed by atoms with Crippen LogP contribution in [0.15, 0.2) is 23.1 Å². The first-order chi connectivity index (χ1) is 7.15. The van der Waals surface area contributed by atoms with Gasteiger partial charge in [-0.2, -0.15) is 11.8 Å². The van der Waals surface area contributed by atoms with Crippen LogP contribution in [0.3, 0.4) is 0 Å². The van der Waals surface area contributed by atoms with E-state index in [0.717, 1.165) is 11.5 Å². The summed E-state index contributed by atoms with van der Waals surface area (Å²) >= 11 is 1.70. The number of aromatic nitrogens is 1. The summed E-state index contributed by atoms with van der Waals surface area (Å²) < 4.78 is 1.38. The zero-order chi connectivity index (χ0) is 11.3. The second-order valence-corrected chi connectivity index (χ2v) is 4.27. The van der Waals surface area contributed by atoms with E-state index < -0.39 is 4.92 Å². The van der Waals surface area contributed by atoms with E-state index in [4.69, 9.17) is 0 Å². The summed E-state index contributed by atoms with van der Waals surface area (Å²) in [7, 11) is 0. The molecule has 0 aliphatic heterocycles. The Morgan fingerprint density at radius 2 is 2.27 bits per heavy atom. The Morgan fingerprint density at radius 1 is 1.53 bits per heavy atom. The van der Waals surface area contributed by atoms with Crippen molar-refractivity contribution in [2.45, 2.75) is 13.5 Å². The quantitative estimate of drug-likeness (QED) is 0.435. The van der Waals surface area contributed by atoms with Crippen LogP contribution >= 0.6 is 11.8 Å². The van der Waals surface area contributed by atoms with Crippen molar-refractivity contribution in [2.24, 2.45) is 0 Å². The Bertz CT molecular complexity index is 403. The van der Waals surface area contributed by atoms with E-state index in [1.807, 2.05) is 6.92 Å². The molecule has 1 aromatic rings. The second-order valence-electron chi connectivity index (χ2n) is 2.87. The van der Waals surface area contributed by atoms with Crippen molar-refractivity contribution in [1.82, 2.24) is 4.57 Å². The van der Waals surface area contributed by atoms with E-state index >= 15 is 0 Å². The van der Waals surface area contributed by atoms with Crippen LogP contribution in [0.4, 0.5) is 5.69 Å². The molecule has 1 heterocycles. The fraction of sp³-hybridized carbons (Fsp3) is 0.444. The lowest BCUT2D eigenvalue weighted by atomic mass is 10.4. The normalized spacial score (nSPS) is 10.2. The highest BCUT2D eigenvalue weighted by Crippen LogP contribution is 2.07. The van der Waals surface area contributed by atoms with Gasteiger partial charge in [0.1, 0.15) is 0 Å². The maximum Gasteiger partial charge on any atom is 0.285 e. The Balaban J connectivity index is 2.81. The number of nitrogens with zero attached hydrogens (tertiary/aromatic N) is 2. The largest absolute Gasteiger partial charge is 0.308 e. The van der Waals surface area contributed by atoms with Gasteiger partial charge in [-0.25, -0.2) is 0 Å². The first kappa shape index (κ1) is 11.8. The minimum atomic E-state index is -0.497. The summed E-state index contributed by atoms with van der Waals surface area (Å²) in [5, 5.41) is 10.5. The summed E-state index contributed by atoms with van der Waals surface area (Å²) in [6.45, 7) is 2.54. The number of hydrogen-bond donors (Lipinski definition) is 0. The summed E-state index contributed by atoms with van der Waals surface area (Å²) in [4.78, 5) is 21.3. The Labute approximate surface area is 91.3 Å². The van der Waals surface area contributed by atoms with E-state index in [-0.39, 0.29) is 11.2 Å². The van der Waals surface area contributed by atoms with Crippen LogP contribution in [0.2, 0.25) is 0 Å². The Hall–Kier alpha value is -1.30. The monoisotopic (exact) mass is 228 g/mol. The summed E-state index contributed by atoms with van der Waals surface area (Å²) in [6, 6.07) is 2.46. The molecule has 0 saturated carbocycles. The number of aryl methyl sites for hydroxylation is 1. The number of hydrogen-bond acceptors (Lipinski definition) is 4. The molecule has 1 rings (SSSR count). The van der Waals surface area contributed by atoms with E-state index in [1.54, 1.807) is 11.8 Å². The molecular formula is C9H12N2O3S. The maximum absolute atomic E-state index is 11.3. The van der Waals surface area contributed by atoms with Crippen LogP contribution in [0.5, 0.6) is 0 Å². The highest BCUT2D eigenvalue weighted by atomic mass is 32.2. The highest BCUT2D eigenvalue weighted by molar-refractivity contribution is 7.99. The van der Waals surface area contributed by atoms with Gasteiger partial charge in [0.15, 0.2) is 0 Å². The number of nitro groups is 1. The topological polar surface area (TPSA) is 65.1 Å². The molecule has 82 valence electrons. The molecule has 0 unspecified atom stereocenters. The van der Waals surface area contributed by atoms with Gasteiger partial charge in [0.05, 0.1) is 11.1 Å². The average molecular weight is 228 g/mol. The second kappa shape index (κ2) is 5.55. The lowest BCUT2D eigenvalue weighted by molar-refractivity contribution is -0.385. The predicted molar refractivity (Wildman–Crippen MR) is 60.4 cm³/mol. The van der Waals surface area contributed by atoms with Crippen molar-refractivity contribution in [3.05, 3.63) is 38.8 Å². The molecule has 0 aliphatic carbocycles. The van der Waals surface area contributed by atoms with E-state index in [9.17, 15) is 14.9 Å². The lowest BCUT2D eigenvalue weighted by Crippen LogP contribution is -2.19.